The first-order valence-electron chi connectivity index (χ1n) is 8.55. The van der Waals surface area contributed by atoms with Gasteiger partial charge in [-0.1, -0.05) is 0 Å². The zero-order valence-electron chi connectivity index (χ0n) is 14.0. The Labute approximate surface area is 146 Å². The van der Waals surface area contributed by atoms with E-state index in [-0.39, 0.29) is 6.10 Å². The summed E-state index contributed by atoms with van der Waals surface area (Å²) in [6.07, 6.45) is 1.52. The molecule has 9 nitrogen and oxygen atoms in total. The number of ether oxygens (including phenoxy) is 1. The van der Waals surface area contributed by atoms with Crippen molar-refractivity contribution in [3.8, 4) is 11.4 Å². The first-order chi connectivity index (χ1) is 12.3. The summed E-state index contributed by atoms with van der Waals surface area (Å²) in [5.74, 6) is 2.41. The number of piperazine rings is 1. The van der Waals surface area contributed by atoms with Gasteiger partial charge in [-0.2, -0.15) is 9.97 Å². The standard InChI is InChI=1S/C16H22N8O/c17-13-2-1-11(9-20-13)14-21-15(12-10-19-5-8-25-12)23-16(22-14)24-6-3-18-4-7-24/h1-2,9,12,18-19H,3-8,10H2,(H2,17,20). The fourth-order valence-electron chi connectivity index (χ4n) is 2.93. The van der Waals surface area contributed by atoms with Gasteiger partial charge in [0.15, 0.2) is 11.6 Å². The van der Waals surface area contributed by atoms with Crippen molar-refractivity contribution in [1.82, 2.24) is 30.6 Å². The first kappa shape index (κ1) is 16.1. The molecule has 4 rings (SSSR count). The van der Waals surface area contributed by atoms with E-state index < -0.39 is 0 Å². The molecule has 0 aliphatic carbocycles. The molecule has 0 spiro atoms. The molecule has 25 heavy (non-hydrogen) atoms. The quantitative estimate of drug-likeness (QED) is 0.684. The van der Waals surface area contributed by atoms with E-state index in [4.69, 9.17) is 10.5 Å². The van der Waals surface area contributed by atoms with Crippen molar-refractivity contribution in [1.29, 1.82) is 0 Å². The fourth-order valence-corrected chi connectivity index (χ4v) is 2.93. The van der Waals surface area contributed by atoms with Gasteiger partial charge in [-0.3, -0.25) is 0 Å². The molecule has 1 unspecified atom stereocenters. The number of anilines is 2. The second-order valence-corrected chi connectivity index (χ2v) is 6.09. The number of rotatable bonds is 3. The normalized spacial score (nSPS) is 21.3. The molecule has 2 fully saturated rings. The van der Waals surface area contributed by atoms with Crippen LogP contribution >= 0.6 is 0 Å². The van der Waals surface area contributed by atoms with E-state index in [1.54, 1.807) is 12.3 Å². The lowest BCUT2D eigenvalue weighted by molar-refractivity contribution is 0.0221. The lowest BCUT2D eigenvalue weighted by atomic mass is 10.2. The van der Waals surface area contributed by atoms with Crippen molar-refractivity contribution in [2.24, 2.45) is 0 Å². The lowest BCUT2D eigenvalue weighted by Crippen LogP contribution is -2.44. The van der Waals surface area contributed by atoms with Gasteiger partial charge in [0, 0.05) is 51.0 Å². The van der Waals surface area contributed by atoms with Gasteiger partial charge in [0.25, 0.3) is 0 Å². The van der Waals surface area contributed by atoms with Gasteiger partial charge in [-0.25, -0.2) is 9.97 Å². The molecule has 4 heterocycles. The van der Waals surface area contributed by atoms with Crippen LogP contribution in [-0.2, 0) is 4.74 Å². The number of nitrogens with zero attached hydrogens (tertiary/aromatic N) is 5. The number of nitrogens with two attached hydrogens (primary N) is 1. The smallest absolute Gasteiger partial charge is 0.229 e. The highest BCUT2D eigenvalue weighted by Crippen LogP contribution is 2.23. The first-order valence-corrected chi connectivity index (χ1v) is 8.55. The highest BCUT2D eigenvalue weighted by molar-refractivity contribution is 5.57. The molecule has 2 aromatic rings. The highest BCUT2D eigenvalue weighted by Gasteiger charge is 2.23. The third-order valence-corrected chi connectivity index (χ3v) is 4.30. The minimum atomic E-state index is -0.168. The maximum atomic E-state index is 5.83. The van der Waals surface area contributed by atoms with Crippen LogP contribution in [0.25, 0.3) is 11.4 Å². The van der Waals surface area contributed by atoms with E-state index in [9.17, 15) is 0 Å². The fraction of sp³-hybridized carbons (Fsp3) is 0.500. The van der Waals surface area contributed by atoms with Crippen LogP contribution in [0.2, 0.25) is 0 Å². The molecule has 0 radical (unpaired) electrons. The summed E-state index contributed by atoms with van der Waals surface area (Å²) in [5, 5.41) is 6.66. The Kier molecular flexibility index (Phi) is 4.68. The van der Waals surface area contributed by atoms with Crippen molar-refractivity contribution in [2.45, 2.75) is 6.10 Å². The van der Waals surface area contributed by atoms with Gasteiger partial charge in [0.2, 0.25) is 5.95 Å². The molecule has 2 saturated heterocycles. The van der Waals surface area contributed by atoms with Crippen LogP contribution in [0.1, 0.15) is 11.9 Å². The van der Waals surface area contributed by atoms with E-state index in [0.29, 0.717) is 36.6 Å². The van der Waals surface area contributed by atoms with Gasteiger partial charge >= 0.3 is 0 Å². The van der Waals surface area contributed by atoms with Crippen LogP contribution in [0.4, 0.5) is 11.8 Å². The summed E-state index contributed by atoms with van der Waals surface area (Å²) >= 11 is 0. The molecular formula is C16H22N8O. The van der Waals surface area contributed by atoms with Crippen LogP contribution in [0, 0.1) is 0 Å². The predicted octanol–water partition coefficient (Wildman–Crippen LogP) is -0.414. The van der Waals surface area contributed by atoms with Gasteiger partial charge in [-0.05, 0) is 12.1 Å². The van der Waals surface area contributed by atoms with Gasteiger partial charge in [0.1, 0.15) is 11.9 Å². The third-order valence-electron chi connectivity index (χ3n) is 4.30. The highest BCUT2D eigenvalue weighted by atomic mass is 16.5. The Morgan fingerprint density at radius 1 is 1.08 bits per heavy atom. The van der Waals surface area contributed by atoms with Gasteiger partial charge in [-0.15, -0.1) is 0 Å². The molecule has 2 aliphatic rings. The van der Waals surface area contributed by atoms with E-state index in [1.807, 2.05) is 6.07 Å². The monoisotopic (exact) mass is 342 g/mol. The minimum Gasteiger partial charge on any atom is -0.384 e. The molecule has 2 aliphatic heterocycles. The Morgan fingerprint density at radius 2 is 1.96 bits per heavy atom. The molecule has 9 heteroatoms. The molecule has 0 amide bonds. The zero-order chi connectivity index (χ0) is 17.1. The molecule has 0 bridgehead atoms. The topological polar surface area (TPSA) is 114 Å². The summed E-state index contributed by atoms with van der Waals surface area (Å²) in [6, 6.07) is 3.63. The average Bonchev–Trinajstić information content (AvgIpc) is 2.69. The number of hydrogen-bond donors (Lipinski definition) is 3. The van der Waals surface area contributed by atoms with Crippen LogP contribution in [0.15, 0.2) is 18.3 Å². The molecule has 1 atom stereocenters. The van der Waals surface area contributed by atoms with Crippen LogP contribution < -0.4 is 21.3 Å². The summed E-state index contributed by atoms with van der Waals surface area (Å²) < 4.78 is 5.83. The Morgan fingerprint density at radius 3 is 2.68 bits per heavy atom. The lowest BCUT2D eigenvalue weighted by Gasteiger charge is -2.29. The number of aromatic nitrogens is 4. The van der Waals surface area contributed by atoms with Crippen LogP contribution in [-0.4, -0.2) is 65.8 Å². The SMILES string of the molecule is Nc1ccc(-c2nc(C3CNCCO3)nc(N3CCNCC3)n2)cn1. The summed E-state index contributed by atoms with van der Waals surface area (Å²) in [7, 11) is 0. The predicted molar refractivity (Wildman–Crippen MR) is 94.1 cm³/mol. The van der Waals surface area contributed by atoms with Crippen molar-refractivity contribution in [3.63, 3.8) is 0 Å². The number of nitrogen functional groups attached to an aromatic ring is 1. The second-order valence-electron chi connectivity index (χ2n) is 6.09. The van der Waals surface area contributed by atoms with E-state index in [2.05, 4.69) is 35.5 Å². The Hall–Kier alpha value is -2.36. The van der Waals surface area contributed by atoms with Crippen molar-refractivity contribution in [2.75, 3.05) is 56.5 Å². The Bertz CT molecular complexity index is 674. The van der Waals surface area contributed by atoms with Crippen molar-refractivity contribution in [3.05, 3.63) is 24.2 Å². The minimum absolute atomic E-state index is 0.168. The molecular weight excluding hydrogens is 320 g/mol. The number of morpholine rings is 1. The van der Waals surface area contributed by atoms with Gasteiger partial charge < -0.3 is 26.0 Å². The second kappa shape index (κ2) is 7.26. The van der Waals surface area contributed by atoms with E-state index in [1.165, 1.54) is 0 Å². The number of nitrogens with one attached hydrogen (secondary N) is 2. The molecule has 0 saturated carbocycles. The van der Waals surface area contributed by atoms with Crippen molar-refractivity contribution < 1.29 is 4.74 Å². The summed E-state index contributed by atoms with van der Waals surface area (Å²) in [4.78, 5) is 20.3. The number of pyridine rings is 1. The summed E-state index contributed by atoms with van der Waals surface area (Å²) in [5.41, 5.74) is 6.51. The van der Waals surface area contributed by atoms with E-state index in [0.717, 1.165) is 38.3 Å². The zero-order valence-corrected chi connectivity index (χ0v) is 14.0. The van der Waals surface area contributed by atoms with Gasteiger partial charge in [0.05, 0.1) is 6.61 Å². The average molecular weight is 342 g/mol. The molecule has 0 aromatic carbocycles. The van der Waals surface area contributed by atoms with Crippen LogP contribution in [0.5, 0.6) is 0 Å². The molecule has 4 N–H and O–H groups in total. The molecule has 2 aromatic heterocycles. The third kappa shape index (κ3) is 3.68. The molecule has 132 valence electrons. The maximum Gasteiger partial charge on any atom is 0.229 e. The maximum absolute atomic E-state index is 5.83. The number of hydrogen-bond acceptors (Lipinski definition) is 9. The van der Waals surface area contributed by atoms with Crippen LogP contribution in [0.3, 0.4) is 0 Å². The largest absolute Gasteiger partial charge is 0.384 e. The summed E-state index contributed by atoms with van der Waals surface area (Å²) in [6.45, 7) is 5.77. The Balaban J connectivity index is 1.72. The van der Waals surface area contributed by atoms with Crippen molar-refractivity contribution >= 4 is 11.8 Å². The van der Waals surface area contributed by atoms with E-state index >= 15 is 0 Å².